The number of likely N-dealkylation sites (tertiary alicyclic amines) is 1. The van der Waals surface area contributed by atoms with Crippen LogP contribution in [0.2, 0.25) is 0 Å². The minimum absolute atomic E-state index is 0.0176. The molecule has 1 fully saturated rings. The number of nitrogens with zero attached hydrogens (tertiary/aromatic N) is 2. The number of aliphatic imine (C=N–C) groups is 1. The Morgan fingerprint density at radius 3 is 2.56 bits per heavy atom. The van der Waals surface area contributed by atoms with Gasteiger partial charge in [0.05, 0.1) is 10.5 Å². The van der Waals surface area contributed by atoms with Crippen molar-refractivity contribution in [2.24, 2.45) is 16.6 Å². The number of nitrogens with two attached hydrogens (primary N) is 1. The van der Waals surface area contributed by atoms with Crippen LogP contribution in [0.15, 0.2) is 52.3 Å². The number of sulfone groups is 1. The van der Waals surface area contributed by atoms with Crippen molar-refractivity contribution in [1.29, 1.82) is 0 Å². The molecule has 0 aromatic heterocycles. The van der Waals surface area contributed by atoms with E-state index in [4.69, 9.17) is 15.2 Å². The highest BCUT2D eigenvalue weighted by Crippen LogP contribution is 2.23. The third kappa shape index (κ3) is 7.63. The number of hydrogen-bond acceptors (Lipinski definition) is 7. The van der Waals surface area contributed by atoms with Gasteiger partial charge < -0.3 is 20.1 Å². The fourth-order valence-corrected chi connectivity index (χ4v) is 3.88. The van der Waals surface area contributed by atoms with E-state index < -0.39 is 15.7 Å². The molecule has 0 spiro atoms. The van der Waals surface area contributed by atoms with Crippen LogP contribution in [-0.2, 0) is 14.6 Å². The summed E-state index contributed by atoms with van der Waals surface area (Å²) in [5.74, 6) is -0.146. The van der Waals surface area contributed by atoms with Crippen molar-refractivity contribution >= 4 is 15.7 Å². The van der Waals surface area contributed by atoms with E-state index in [-0.39, 0.29) is 28.5 Å². The standard InChI is InChI=1S/C23H34FN3O4S/c1-6-26-23(31-21-8-7-19(15-20(21)24)32(5,28)29)17(4)22(25)30-18-10-13-27(14-11-18)12-9-16(2)3/h6-8,15-16,18H,1,9-14,25H2,2-5H3/b22-17+,26-23?. The first kappa shape index (κ1) is 25.9. The molecule has 9 heteroatoms. The molecule has 0 saturated carbocycles. The number of rotatable bonds is 9. The van der Waals surface area contributed by atoms with E-state index in [1.54, 1.807) is 6.92 Å². The SMILES string of the molecule is C=CN=C(Oc1ccc(S(C)(=O)=O)cc1F)/C(C)=C(\N)OC1CCN(CCC(C)C)CC1. The lowest BCUT2D eigenvalue weighted by Crippen LogP contribution is -2.38. The number of ether oxygens (including phenoxy) is 2. The summed E-state index contributed by atoms with van der Waals surface area (Å²) in [6.45, 7) is 12.7. The average molecular weight is 468 g/mol. The second-order valence-electron chi connectivity index (χ2n) is 8.41. The number of halogens is 1. The molecule has 0 atom stereocenters. The van der Waals surface area contributed by atoms with Gasteiger partial charge in [-0.15, -0.1) is 0 Å². The highest BCUT2D eigenvalue weighted by atomic mass is 32.2. The molecular weight excluding hydrogens is 433 g/mol. The highest BCUT2D eigenvalue weighted by molar-refractivity contribution is 7.90. The number of hydrogen-bond donors (Lipinski definition) is 1. The lowest BCUT2D eigenvalue weighted by molar-refractivity contribution is 0.0467. The molecule has 0 amide bonds. The van der Waals surface area contributed by atoms with Gasteiger partial charge in [-0.1, -0.05) is 20.4 Å². The van der Waals surface area contributed by atoms with E-state index in [1.807, 2.05) is 0 Å². The molecule has 1 aromatic rings. The molecule has 0 unspecified atom stereocenters. The lowest BCUT2D eigenvalue weighted by atomic mass is 10.1. The molecule has 32 heavy (non-hydrogen) atoms. The summed E-state index contributed by atoms with van der Waals surface area (Å²) in [6, 6.07) is 3.41. The topological polar surface area (TPSA) is 94.2 Å². The van der Waals surface area contributed by atoms with Gasteiger partial charge in [-0.05, 0) is 56.8 Å². The van der Waals surface area contributed by atoms with Crippen LogP contribution in [0.4, 0.5) is 4.39 Å². The van der Waals surface area contributed by atoms with Crippen LogP contribution in [0.5, 0.6) is 5.75 Å². The van der Waals surface area contributed by atoms with Gasteiger partial charge in [0.2, 0.25) is 5.90 Å². The zero-order valence-corrected chi connectivity index (χ0v) is 20.1. The van der Waals surface area contributed by atoms with Gasteiger partial charge in [0.25, 0.3) is 0 Å². The second-order valence-corrected chi connectivity index (χ2v) is 10.4. The fraction of sp³-hybridized carbons (Fsp3) is 0.522. The molecule has 0 bridgehead atoms. The molecule has 2 N–H and O–H groups in total. The summed E-state index contributed by atoms with van der Waals surface area (Å²) in [4.78, 5) is 6.34. The van der Waals surface area contributed by atoms with Gasteiger partial charge >= 0.3 is 0 Å². The highest BCUT2D eigenvalue weighted by Gasteiger charge is 2.22. The Kier molecular flexibility index (Phi) is 9.27. The summed E-state index contributed by atoms with van der Waals surface area (Å²) in [6.07, 6.45) is 5.14. The van der Waals surface area contributed by atoms with Gasteiger partial charge in [0.1, 0.15) is 6.10 Å². The molecular formula is C23H34FN3O4S. The van der Waals surface area contributed by atoms with E-state index in [9.17, 15) is 12.8 Å². The fourth-order valence-electron chi connectivity index (χ4n) is 3.25. The van der Waals surface area contributed by atoms with Crippen LogP contribution < -0.4 is 10.5 Å². The zero-order chi connectivity index (χ0) is 23.9. The maximum atomic E-state index is 14.4. The van der Waals surface area contributed by atoms with Crippen molar-refractivity contribution in [2.75, 3.05) is 25.9 Å². The Morgan fingerprint density at radius 1 is 1.38 bits per heavy atom. The van der Waals surface area contributed by atoms with Crippen molar-refractivity contribution in [3.8, 4) is 5.75 Å². The molecule has 1 aliphatic rings. The number of piperidine rings is 1. The Bertz CT molecular complexity index is 965. The van der Waals surface area contributed by atoms with E-state index in [0.717, 1.165) is 44.8 Å². The van der Waals surface area contributed by atoms with Crippen LogP contribution in [-0.4, -0.2) is 51.2 Å². The average Bonchev–Trinajstić information content (AvgIpc) is 2.72. The van der Waals surface area contributed by atoms with Gasteiger partial charge in [-0.2, -0.15) is 0 Å². The second kappa shape index (κ2) is 11.5. The number of benzene rings is 1. The Labute approximate surface area is 190 Å². The van der Waals surface area contributed by atoms with Crippen molar-refractivity contribution in [3.63, 3.8) is 0 Å². The maximum absolute atomic E-state index is 14.4. The predicted molar refractivity (Wildman–Crippen MR) is 125 cm³/mol. The largest absolute Gasteiger partial charge is 0.476 e. The Morgan fingerprint density at radius 2 is 2.03 bits per heavy atom. The molecule has 1 heterocycles. The van der Waals surface area contributed by atoms with Crippen molar-refractivity contribution in [1.82, 2.24) is 4.90 Å². The molecule has 1 aliphatic heterocycles. The molecule has 0 aliphatic carbocycles. The molecule has 0 radical (unpaired) electrons. The third-order valence-corrected chi connectivity index (χ3v) is 6.40. The van der Waals surface area contributed by atoms with Crippen molar-refractivity contribution in [2.45, 2.75) is 51.0 Å². The summed E-state index contributed by atoms with van der Waals surface area (Å²) in [7, 11) is -3.53. The first-order chi connectivity index (χ1) is 15.0. The van der Waals surface area contributed by atoms with Gasteiger partial charge in [0.15, 0.2) is 27.3 Å². The Balaban J connectivity index is 2.07. The van der Waals surface area contributed by atoms with E-state index >= 15 is 0 Å². The lowest BCUT2D eigenvalue weighted by Gasteiger charge is -2.32. The van der Waals surface area contributed by atoms with Crippen LogP contribution in [0.3, 0.4) is 0 Å². The van der Waals surface area contributed by atoms with E-state index in [0.29, 0.717) is 11.5 Å². The van der Waals surface area contributed by atoms with E-state index in [1.165, 1.54) is 24.8 Å². The summed E-state index contributed by atoms with van der Waals surface area (Å²) < 4.78 is 49.2. The van der Waals surface area contributed by atoms with E-state index in [2.05, 4.69) is 30.3 Å². The summed E-state index contributed by atoms with van der Waals surface area (Å²) >= 11 is 0. The first-order valence-electron chi connectivity index (χ1n) is 10.7. The summed E-state index contributed by atoms with van der Waals surface area (Å²) in [5, 5.41) is 0. The molecule has 1 saturated heterocycles. The van der Waals surface area contributed by atoms with Crippen LogP contribution >= 0.6 is 0 Å². The van der Waals surface area contributed by atoms with Gasteiger partial charge in [0, 0.05) is 25.5 Å². The van der Waals surface area contributed by atoms with Crippen LogP contribution in [0.25, 0.3) is 0 Å². The summed E-state index contributed by atoms with van der Waals surface area (Å²) in [5.41, 5.74) is 6.56. The monoisotopic (exact) mass is 467 g/mol. The van der Waals surface area contributed by atoms with Gasteiger partial charge in [-0.25, -0.2) is 17.8 Å². The zero-order valence-electron chi connectivity index (χ0n) is 19.3. The van der Waals surface area contributed by atoms with Crippen molar-refractivity contribution < 1.29 is 22.3 Å². The van der Waals surface area contributed by atoms with Crippen LogP contribution in [0.1, 0.15) is 40.0 Å². The third-order valence-electron chi connectivity index (χ3n) is 5.29. The predicted octanol–water partition coefficient (Wildman–Crippen LogP) is 3.87. The maximum Gasteiger partial charge on any atom is 0.227 e. The molecule has 178 valence electrons. The Hall–Kier alpha value is -2.39. The molecule has 7 nitrogen and oxygen atoms in total. The minimum Gasteiger partial charge on any atom is -0.476 e. The minimum atomic E-state index is -3.53. The first-order valence-corrected chi connectivity index (χ1v) is 12.6. The molecule has 1 aromatic carbocycles. The van der Waals surface area contributed by atoms with Gasteiger partial charge in [-0.3, -0.25) is 0 Å². The normalized spacial score (nSPS) is 17.2. The van der Waals surface area contributed by atoms with Crippen molar-refractivity contribution in [3.05, 3.63) is 48.3 Å². The molecule has 2 rings (SSSR count). The van der Waals surface area contributed by atoms with Crippen LogP contribution in [0, 0.1) is 11.7 Å². The quantitative estimate of drug-likeness (QED) is 0.337. The smallest absolute Gasteiger partial charge is 0.227 e.